The van der Waals surface area contributed by atoms with Gasteiger partial charge >= 0.3 is 18.2 Å². The van der Waals surface area contributed by atoms with Gasteiger partial charge in [-0.05, 0) is 48.0 Å². The van der Waals surface area contributed by atoms with Crippen LogP contribution < -0.4 is 9.64 Å². The fraction of sp³-hybridized carbons (Fsp3) is 0.611. The lowest BCUT2D eigenvalue weighted by atomic mass is 10.2. The van der Waals surface area contributed by atoms with Crippen LogP contribution in [0.4, 0.5) is 15.5 Å². The summed E-state index contributed by atoms with van der Waals surface area (Å²) in [7, 11) is 1.33. The second-order valence-electron chi connectivity index (χ2n) is 7.89. The van der Waals surface area contributed by atoms with E-state index in [1.807, 2.05) is 0 Å². The SMILES string of the molecule is COc1nc(N(C(=O)OC(C)(C)C)C(=O)OC(C)(C)C)ncc1CCC(=O)O. The number of anilines is 1. The van der Waals surface area contributed by atoms with Crippen LogP contribution >= 0.6 is 0 Å². The van der Waals surface area contributed by atoms with Gasteiger partial charge < -0.3 is 19.3 Å². The van der Waals surface area contributed by atoms with E-state index in [-0.39, 0.29) is 24.7 Å². The second-order valence-corrected chi connectivity index (χ2v) is 7.89. The van der Waals surface area contributed by atoms with Gasteiger partial charge in [0.05, 0.1) is 7.11 Å². The van der Waals surface area contributed by atoms with Crippen molar-refractivity contribution in [1.29, 1.82) is 0 Å². The van der Waals surface area contributed by atoms with Crippen LogP contribution in [-0.4, -0.2) is 51.5 Å². The smallest absolute Gasteiger partial charge is 0.427 e. The van der Waals surface area contributed by atoms with Gasteiger partial charge in [-0.3, -0.25) is 4.79 Å². The van der Waals surface area contributed by atoms with Gasteiger partial charge in [-0.15, -0.1) is 4.90 Å². The van der Waals surface area contributed by atoms with Crippen molar-refractivity contribution >= 4 is 24.1 Å². The number of nitrogens with zero attached hydrogens (tertiary/aromatic N) is 3. The van der Waals surface area contributed by atoms with Crippen molar-refractivity contribution in [2.45, 2.75) is 65.6 Å². The zero-order valence-corrected chi connectivity index (χ0v) is 17.2. The van der Waals surface area contributed by atoms with Crippen molar-refractivity contribution in [1.82, 2.24) is 9.97 Å². The van der Waals surface area contributed by atoms with E-state index in [0.29, 0.717) is 10.5 Å². The molecular weight excluding hydrogens is 370 g/mol. The van der Waals surface area contributed by atoms with Gasteiger partial charge in [-0.2, -0.15) is 4.98 Å². The largest absolute Gasteiger partial charge is 0.481 e. The van der Waals surface area contributed by atoms with Crippen LogP contribution in [0.3, 0.4) is 0 Å². The second kappa shape index (κ2) is 8.85. The molecule has 1 aromatic heterocycles. The molecule has 0 aromatic carbocycles. The molecule has 0 saturated carbocycles. The summed E-state index contributed by atoms with van der Waals surface area (Å²) in [4.78, 5) is 44.6. The summed E-state index contributed by atoms with van der Waals surface area (Å²) in [5.41, 5.74) is -1.33. The first-order valence-electron chi connectivity index (χ1n) is 8.61. The van der Waals surface area contributed by atoms with E-state index < -0.39 is 29.4 Å². The Morgan fingerprint density at radius 1 is 1.04 bits per heavy atom. The molecule has 1 aromatic rings. The number of carboxylic acids is 1. The quantitative estimate of drug-likeness (QED) is 0.796. The number of aryl methyl sites for hydroxylation is 1. The Kier molecular flexibility index (Phi) is 7.31. The number of ether oxygens (including phenoxy) is 3. The Labute approximate surface area is 163 Å². The van der Waals surface area contributed by atoms with Crippen molar-refractivity contribution in [2.75, 3.05) is 12.0 Å². The molecule has 0 atom stereocenters. The van der Waals surface area contributed by atoms with Crippen molar-refractivity contribution in [3.05, 3.63) is 11.8 Å². The molecule has 156 valence electrons. The Bertz CT molecular complexity index is 708. The predicted octanol–water partition coefficient (Wildman–Crippen LogP) is 3.18. The van der Waals surface area contributed by atoms with E-state index in [9.17, 15) is 14.4 Å². The van der Waals surface area contributed by atoms with Gasteiger partial charge in [0.1, 0.15) is 11.2 Å². The highest BCUT2D eigenvalue weighted by Crippen LogP contribution is 2.23. The molecule has 2 amide bonds. The molecule has 0 aliphatic heterocycles. The van der Waals surface area contributed by atoms with E-state index >= 15 is 0 Å². The minimum absolute atomic E-state index is 0.0448. The first-order valence-corrected chi connectivity index (χ1v) is 8.61. The molecule has 28 heavy (non-hydrogen) atoms. The number of imide groups is 1. The third-order valence-corrected chi connectivity index (χ3v) is 2.97. The lowest BCUT2D eigenvalue weighted by molar-refractivity contribution is -0.136. The van der Waals surface area contributed by atoms with Crippen molar-refractivity contribution in [3.63, 3.8) is 0 Å². The third kappa shape index (κ3) is 7.37. The maximum absolute atomic E-state index is 12.6. The van der Waals surface area contributed by atoms with Gasteiger partial charge in [-0.25, -0.2) is 14.6 Å². The van der Waals surface area contributed by atoms with Crippen LogP contribution in [0.25, 0.3) is 0 Å². The number of carbonyl (C=O) groups excluding carboxylic acids is 2. The molecule has 1 rings (SSSR count). The number of hydrogen-bond acceptors (Lipinski definition) is 8. The van der Waals surface area contributed by atoms with Gasteiger partial charge in [0, 0.05) is 18.2 Å². The number of aromatic nitrogens is 2. The minimum Gasteiger partial charge on any atom is -0.481 e. The summed E-state index contributed by atoms with van der Waals surface area (Å²) < 4.78 is 15.7. The minimum atomic E-state index is -1.01. The summed E-state index contributed by atoms with van der Waals surface area (Å²) in [6.45, 7) is 9.88. The van der Waals surface area contributed by atoms with Crippen molar-refractivity contribution < 1.29 is 33.7 Å². The number of carbonyl (C=O) groups is 3. The maximum atomic E-state index is 12.6. The maximum Gasteiger partial charge on any atom is 0.427 e. The van der Waals surface area contributed by atoms with Gasteiger partial charge in [-0.1, -0.05) is 0 Å². The Balaban J connectivity index is 3.30. The third-order valence-electron chi connectivity index (χ3n) is 2.97. The zero-order valence-electron chi connectivity index (χ0n) is 17.2. The number of hydrogen-bond donors (Lipinski definition) is 1. The first kappa shape index (κ1) is 23.1. The molecule has 0 bridgehead atoms. The van der Waals surface area contributed by atoms with E-state index in [4.69, 9.17) is 19.3 Å². The van der Waals surface area contributed by atoms with Gasteiger partial charge in [0.15, 0.2) is 0 Å². The molecule has 1 heterocycles. The molecule has 0 aliphatic rings. The number of carboxylic acid groups (broad SMARTS) is 1. The molecular formula is C18H27N3O7. The highest BCUT2D eigenvalue weighted by atomic mass is 16.6. The highest BCUT2D eigenvalue weighted by molar-refractivity contribution is 6.08. The molecule has 0 aliphatic carbocycles. The topological polar surface area (TPSA) is 128 Å². The lowest BCUT2D eigenvalue weighted by Gasteiger charge is -2.27. The number of rotatable bonds is 5. The Morgan fingerprint density at radius 3 is 1.93 bits per heavy atom. The van der Waals surface area contributed by atoms with E-state index in [0.717, 1.165) is 0 Å². The molecule has 10 heteroatoms. The van der Waals surface area contributed by atoms with Crippen LogP contribution in [-0.2, 0) is 20.7 Å². The Hall–Kier alpha value is -2.91. The molecule has 0 radical (unpaired) electrons. The average molecular weight is 397 g/mol. The molecule has 0 spiro atoms. The van der Waals surface area contributed by atoms with Crippen LogP contribution in [0.15, 0.2) is 6.20 Å². The predicted molar refractivity (Wildman–Crippen MR) is 99.5 cm³/mol. The van der Waals surface area contributed by atoms with E-state index in [1.165, 1.54) is 13.3 Å². The molecule has 1 N–H and O–H groups in total. The normalized spacial score (nSPS) is 11.5. The molecule has 10 nitrogen and oxygen atoms in total. The summed E-state index contributed by atoms with van der Waals surface area (Å²) in [5, 5.41) is 8.83. The highest BCUT2D eigenvalue weighted by Gasteiger charge is 2.35. The zero-order chi connectivity index (χ0) is 21.7. The Morgan fingerprint density at radius 2 is 1.54 bits per heavy atom. The van der Waals surface area contributed by atoms with E-state index in [2.05, 4.69) is 9.97 Å². The van der Waals surface area contributed by atoms with Crippen molar-refractivity contribution in [2.24, 2.45) is 0 Å². The van der Waals surface area contributed by atoms with Crippen LogP contribution in [0.2, 0.25) is 0 Å². The molecule has 0 unspecified atom stereocenters. The summed E-state index contributed by atoms with van der Waals surface area (Å²) in [6, 6.07) is 0. The first-order chi connectivity index (χ1) is 12.7. The number of aliphatic carboxylic acids is 1. The summed E-state index contributed by atoms with van der Waals surface area (Å²) in [5.74, 6) is -1.25. The fourth-order valence-corrected chi connectivity index (χ4v) is 1.93. The molecule has 0 fully saturated rings. The molecule has 0 saturated heterocycles. The van der Waals surface area contributed by atoms with Crippen LogP contribution in [0.5, 0.6) is 5.88 Å². The number of methoxy groups -OCH3 is 1. The van der Waals surface area contributed by atoms with E-state index in [1.54, 1.807) is 41.5 Å². The van der Waals surface area contributed by atoms with Crippen molar-refractivity contribution in [3.8, 4) is 5.88 Å². The summed E-state index contributed by atoms with van der Waals surface area (Å²) >= 11 is 0. The monoisotopic (exact) mass is 397 g/mol. The van der Waals surface area contributed by atoms with Crippen LogP contribution in [0, 0.1) is 0 Å². The standard InChI is InChI=1S/C18H27N3O7/c1-17(2,3)27-15(24)21(16(25)28-18(4,5)6)14-19-10-11(8-9-12(22)23)13(20-14)26-7/h10H,8-9H2,1-7H3,(H,22,23). The lowest BCUT2D eigenvalue weighted by Crippen LogP contribution is -2.44. The van der Waals surface area contributed by atoms with Gasteiger partial charge in [0.2, 0.25) is 11.8 Å². The fourth-order valence-electron chi connectivity index (χ4n) is 1.93. The number of amides is 2. The van der Waals surface area contributed by atoms with Crippen LogP contribution in [0.1, 0.15) is 53.5 Å². The average Bonchev–Trinajstić information content (AvgIpc) is 2.49. The van der Waals surface area contributed by atoms with Gasteiger partial charge in [0.25, 0.3) is 0 Å². The summed E-state index contributed by atoms with van der Waals surface area (Å²) in [6.07, 6.45) is -0.756.